The van der Waals surface area contributed by atoms with Crippen molar-refractivity contribution in [3.05, 3.63) is 52.4 Å². The maximum atomic E-state index is 11.6. The van der Waals surface area contributed by atoms with Crippen LogP contribution in [0.2, 0.25) is 10.2 Å². The van der Waals surface area contributed by atoms with Gasteiger partial charge in [-0.15, -0.1) is 0 Å². The first-order valence-corrected chi connectivity index (χ1v) is 5.94. The van der Waals surface area contributed by atoms with Crippen LogP contribution in [0.5, 0.6) is 0 Å². The van der Waals surface area contributed by atoms with Crippen molar-refractivity contribution in [2.24, 2.45) is 0 Å². The standard InChI is InChI=1S/C12H10Cl2N2O2/c13-8-2-1-3-9(6-8)16-12(17)15-7-10-4-5-11(14)18-10/h1-6H,7H2,(H2,15,16,17). The van der Waals surface area contributed by atoms with Gasteiger partial charge in [0.05, 0.1) is 6.54 Å². The summed E-state index contributed by atoms with van der Waals surface area (Å²) in [6.45, 7) is 0.263. The summed E-state index contributed by atoms with van der Waals surface area (Å²) in [5, 5.41) is 6.14. The third kappa shape index (κ3) is 3.68. The number of hydrogen-bond donors (Lipinski definition) is 2. The molecule has 1 aromatic heterocycles. The molecular formula is C12H10Cl2N2O2. The number of rotatable bonds is 3. The van der Waals surface area contributed by atoms with Gasteiger partial charge in [-0.05, 0) is 41.9 Å². The topological polar surface area (TPSA) is 54.3 Å². The molecule has 0 unspecified atom stereocenters. The highest BCUT2D eigenvalue weighted by atomic mass is 35.5. The Bertz CT molecular complexity index is 555. The van der Waals surface area contributed by atoms with E-state index in [-0.39, 0.29) is 12.6 Å². The lowest BCUT2D eigenvalue weighted by atomic mass is 10.3. The van der Waals surface area contributed by atoms with Crippen LogP contribution in [0.15, 0.2) is 40.8 Å². The second-order valence-electron chi connectivity index (χ2n) is 3.52. The van der Waals surface area contributed by atoms with Crippen LogP contribution >= 0.6 is 23.2 Å². The molecule has 2 rings (SSSR count). The molecule has 0 saturated heterocycles. The highest BCUT2D eigenvalue weighted by Crippen LogP contribution is 2.15. The summed E-state index contributed by atoms with van der Waals surface area (Å²) in [6.07, 6.45) is 0. The molecule has 2 amide bonds. The lowest BCUT2D eigenvalue weighted by Crippen LogP contribution is -2.27. The number of benzene rings is 1. The molecule has 1 heterocycles. The molecule has 2 aromatic rings. The van der Waals surface area contributed by atoms with Crippen molar-refractivity contribution in [2.75, 3.05) is 5.32 Å². The van der Waals surface area contributed by atoms with Crippen molar-refractivity contribution in [1.29, 1.82) is 0 Å². The van der Waals surface area contributed by atoms with Crippen LogP contribution < -0.4 is 10.6 Å². The molecule has 0 atom stereocenters. The van der Waals surface area contributed by atoms with Gasteiger partial charge in [0.2, 0.25) is 0 Å². The number of urea groups is 1. The zero-order valence-corrected chi connectivity index (χ0v) is 10.8. The number of halogens is 2. The minimum Gasteiger partial charge on any atom is -0.448 e. The number of amides is 2. The van der Waals surface area contributed by atoms with E-state index in [1.807, 2.05) is 0 Å². The third-order valence-corrected chi connectivity index (χ3v) is 2.57. The molecule has 0 aliphatic rings. The van der Waals surface area contributed by atoms with E-state index in [9.17, 15) is 4.79 Å². The predicted molar refractivity (Wildman–Crippen MR) is 71.0 cm³/mol. The van der Waals surface area contributed by atoms with Gasteiger partial charge in [0, 0.05) is 10.7 Å². The average molecular weight is 285 g/mol. The van der Waals surface area contributed by atoms with E-state index < -0.39 is 0 Å². The quantitative estimate of drug-likeness (QED) is 0.898. The van der Waals surface area contributed by atoms with Gasteiger partial charge in [0.1, 0.15) is 5.76 Å². The Morgan fingerprint density at radius 1 is 1.22 bits per heavy atom. The average Bonchev–Trinajstić information content (AvgIpc) is 2.73. The molecule has 1 aromatic carbocycles. The van der Waals surface area contributed by atoms with Crippen molar-refractivity contribution in [2.45, 2.75) is 6.54 Å². The smallest absolute Gasteiger partial charge is 0.319 e. The molecule has 0 saturated carbocycles. The highest BCUT2D eigenvalue weighted by molar-refractivity contribution is 6.30. The maximum absolute atomic E-state index is 11.6. The van der Waals surface area contributed by atoms with Crippen LogP contribution in [0.25, 0.3) is 0 Å². The molecule has 0 radical (unpaired) electrons. The molecule has 94 valence electrons. The Kier molecular flexibility index (Phi) is 4.12. The van der Waals surface area contributed by atoms with E-state index >= 15 is 0 Å². The molecule has 0 spiro atoms. The van der Waals surface area contributed by atoms with E-state index in [4.69, 9.17) is 27.6 Å². The van der Waals surface area contributed by atoms with Crippen LogP contribution in [0.1, 0.15) is 5.76 Å². The fraction of sp³-hybridized carbons (Fsp3) is 0.0833. The van der Waals surface area contributed by atoms with Crippen LogP contribution in [-0.2, 0) is 6.54 Å². The van der Waals surface area contributed by atoms with Gasteiger partial charge in [-0.25, -0.2) is 4.79 Å². The third-order valence-electron chi connectivity index (χ3n) is 2.13. The molecule has 18 heavy (non-hydrogen) atoms. The van der Waals surface area contributed by atoms with Crippen LogP contribution in [0.4, 0.5) is 10.5 Å². The largest absolute Gasteiger partial charge is 0.448 e. The Balaban J connectivity index is 1.85. The van der Waals surface area contributed by atoms with E-state index in [0.29, 0.717) is 21.7 Å². The van der Waals surface area contributed by atoms with Crippen molar-refractivity contribution in [3.8, 4) is 0 Å². The summed E-state index contributed by atoms with van der Waals surface area (Å²) >= 11 is 11.4. The molecule has 6 heteroatoms. The molecule has 0 bridgehead atoms. The van der Waals surface area contributed by atoms with Crippen LogP contribution in [-0.4, -0.2) is 6.03 Å². The lowest BCUT2D eigenvalue weighted by molar-refractivity contribution is 0.251. The summed E-state index contributed by atoms with van der Waals surface area (Å²) in [4.78, 5) is 11.6. The van der Waals surface area contributed by atoms with Crippen LogP contribution in [0.3, 0.4) is 0 Å². The monoisotopic (exact) mass is 284 g/mol. The normalized spacial score (nSPS) is 10.1. The Labute approximate surface area is 114 Å². The van der Waals surface area contributed by atoms with Crippen molar-refractivity contribution >= 4 is 34.9 Å². The molecule has 0 aliphatic carbocycles. The van der Waals surface area contributed by atoms with Gasteiger partial charge in [-0.1, -0.05) is 17.7 Å². The van der Waals surface area contributed by atoms with Crippen LogP contribution in [0, 0.1) is 0 Å². The van der Waals surface area contributed by atoms with E-state index in [1.54, 1.807) is 36.4 Å². The number of carbonyl (C=O) groups excluding carboxylic acids is 1. The molecular weight excluding hydrogens is 275 g/mol. The number of nitrogens with one attached hydrogen (secondary N) is 2. The van der Waals surface area contributed by atoms with E-state index in [0.717, 1.165) is 0 Å². The molecule has 0 aliphatic heterocycles. The second kappa shape index (κ2) is 5.80. The first-order chi connectivity index (χ1) is 8.63. The summed E-state index contributed by atoms with van der Waals surface area (Å²) in [6, 6.07) is 9.86. The fourth-order valence-electron chi connectivity index (χ4n) is 1.36. The maximum Gasteiger partial charge on any atom is 0.319 e. The minimum absolute atomic E-state index is 0.263. The van der Waals surface area contributed by atoms with E-state index in [2.05, 4.69) is 10.6 Å². The van der Waals surface area contributed by atoms with Gasteiger partial charge >= 0.3 is 6.03 Å². The summed E-state index contributed by atoms with van der Waals surface area (Å²) in [7, 11) is 0. The fourth-order valence-corrected chi connectivity index (χ4v) is 1.71. The zero-order valence-electron chi connectivity index (χ0n) is 9.24. The zero-order chi connectivity index (χ0) is 13.0. The molecule has 2 N–H and O–H groups in total. The van der Waals surface area contributed by atoms with Gasteiger partial charge < -0.3 is 15.1 Å². The van der Waals surface area contributed by atoms with Crippen molar-refractivity contribution in [3.63, 3.8) is 0 Å². The summed E-state index contributed by atoms with van der Waals surface area (Å²) in [5.74, 6) is 0.584. The van der Waals surface area contributed by atoms with E-state index in [1.165, 1.54) is 0 Å². The molecule has 0 fully saturated rings. The number of carbonyl (C=O) groups is 1. The first kappa shape index (κ1) is 12.8. The second-order valence-corrected chi connectivity index (χ2v) is 4.33. The number of hydrogen-bond acceptors (Lipinski definition) is 2. The van der Waals surface area contributed by atoms with Gasteiger partial charge in [0.15, 0.2) is 5.22 Å². The first-order valence-electron chi connectivity index (χ1n) is 5.18. The summed E-state index contributed by atoms with van der Waals surface area (Å²) in [5.41, 5.74) is 0.623. The predicted octanol–water partition coefficient (Wildman–Crippen LogP) is 3.91. The lowest BCUT2D eigenvalue weighted by Gasteiger charge is -2.06. The highest BCUT2D eigenvalue weighted by Gasteiger charge is 2.04. The van der Waals surface area contributed by atoms with Gasteiger partial charge in [0.25, 0.3) is 0 Å². The van der Waals surface area contributed by atoms with Gasteiger partial charge in [-0.2, -0.15) is 0 Å². The summed E-state index contributed by atoms with van der Waals surface area (Å²) < 4.78 is 5.11. The van der Waals surface area contributed by atoms with Crippen molar-refractivity contribution < 1.29 is 9.21 Å². The number of furan rings is 1. The van der Waals surface area contributed by atoms with Gasteiger partial charge in [-0.3, -0.25) is 0 Å². The Morgan fingerprint density at radius 2 is 2.06 bits per heavy atom. The Hall–Kier alpha value is -1.65. The Morgan fingerprint density at radius 3 is 2.72 bits per heavy atom. The molecule has 4 nitrogen and oxygen atoms in total. The number of anilines is 1. The SMILES string of the molecule is O=C(NCc1ccc(Cl)o1)Nc1cccc(Cl)c1. The minimum atomic E-state index is -0.343. The van der Waals surface area contributed by atoms with Crippen molar-refractivity contribution in [1.82, 2.24) is 5.32 Å².